The highest BCUT2D eigenvalue weighted by Crippen LogP contribution is 2.51. The first-order valence-corrected chi connectivity index (χ1v) is 10.0. The number of benzene rings is 1. The lowest BCUT2D eigenvalue weighted by molar-refractivity contribution is -0.129. The molecule has 1 aliphatic heterocycles. The molecule has 1 aromatic carbocycles. The van der Waals surface area contributed by atoms with Crippen LogP contribution < -0.4 is 15.5 Å². The number of anilines is 1. The first-order chi connectivity index (χ1) is 13.6. The van der Waals surface area contributed by atoms with E-state index in [4.69, 9.17) is 10.00 Å². The number of ether oxygens (including phenoxy) is 1. The van der Waals surface area contributed by atoms with E-state index in [9.17, 15) is 9.59 Å². The molecule has 0 radical (unpaired) electrons. The number of hydrogen-bond acceptors (Lipinski definition) is 5. The van der Waals surface area contributed by atoms with Crippen molar-refractivity contribution in [3.05, 3.63) is 29.8 Å². The van der Waals surface area contributed by atoms with Gasteiger partial charge in [-0.3, -0.25) is 9.59 Å². The predicted octanol–water partition coefficient (Wildman–Crippen LogP) is 1.45. The molecule has 148 valence electrons. The molecule has 2 saturated carbocycles. The van der Waals surface area contributed by atoms with E-state index in [2.05, 4.69) is 15.5 Å². The molecule has 2 amide bonds. The van der Waals surface area contributed by atoms with Crippen molar-refractivity contribution in [2.24, 2.45) is 11.8 Å². The van der Waals surface area contributed by atoms with E-state index in [1.54, 1.807) is 0 Å². The summed E-state index contributed by atoms with van der Waals surface area (Å²) in [7, 11) is 0. The Labute approximate surface area is 165 Å². The average Bonchev–Trinajstić information content (AvgIpc) is 3.34. The second-order valence-electron chi connectivity index (χ2n) is 7.99. The minimum absolute atomic E-state index is 0.0396. The molecule has 2 aliphatic carbocycles. The second kappa shape index (κ2) is 7.80. The lowest BCUT2D eigenvalue weighted by atomic mass is 9.79. The van der Waals surface area contributed by atoms with Gasteiger partial charge in [0.05, 0.1) is 19.3 Å². The van der Waals surface area contributed by atoms with Crippen LogP contribution in [0.3, 0.4) is 0 Å². The number of morpholine rings is 1. The van der Waals surface area contributed by atoms with Crippen LogP contribution in [0.5, 0.6) is 0 Å². The molecule has 2 N–H and O–H groups in total. The van der Waals surface area contributed by atoms with Crippen molar-refractivity contribution in [3.8, 4) is 6.07 Å². The molecule has 3 fully saturated rings. The Morgan fingerprint density at radius 2 is 1.96 bits per heavy atom. The number of fused-ring (bicyclic) bond motifs is 2. The van der Waals surface area contributed by atoms with Crippen molar-refractivity contribution in [1.82, 2.24) is 10.6 Å². The number of hydrogen-bond donors (Lipinski definition) is 2. The number of amides is 2. The molecule has 0 spiro atoms. The third-order valence-electron chi connectivity index (χ3n) is 6.42. The minimum Gasteiger partial charge on any atom is -0.378 e. The van der Waals surface area contributed by atoms with Gasteiger partial charge in [0.2, 0.25) is 5.91 Å². The summed E-state index contributed by atoms with van der Waals surface area (Å²) in [6.07, 6.45) is 3.69. The third-order valence-corrected chi connectivity index (χ3v) is 6.42. The van der Waals surface area contributed by atoms with Gasteiger partial charge in [0.25, 0.3) is 5.91 Å². The Morgan fingerprint density at radius 3 is 2.57 bits per heavy atom. The topological polar surface area (TPSA) is 94.5 Å². The molecule has 7 nitrogen and oxygen atoms in total. The number of carbonyl (C=O) groups is 2. The van der Waals surface area contributed by atoms with Crippen LogP contribution >= 0.6 is 0 Å². The molecule has 0 aromatic heterocycles. The summed E-state index contributed by atoms with van der Waals surface area (Å²) in [6, 6.07) is 9.47. The fourth-order valence-corrected chi connectivity index (χ4v) is 5.02. The van der Waals surface area contributed by atoms with Gasteiger partial charge in [0.1, 0.15) is 12.1 Å². The van der Waals surface area contributed by atoms with Crippen molar-refractivity contribution in [2.45, 2.75) is 31.2 Å². The monoisotopic (exact) mass is 382 g/mol. The molecule has 2 bridgehead atoms. The maximum absolute atomic E-state index is 13.0. The van der Waals surface area contributed by atoms with Crippen molar-refractivity contribution in [3.63, 3.8) is 0 Å². The van der Waals surface area contributed by atoms with Gasteiger partial charge in [-0.1, -0.05) is 0 Å². The van der Waals surface area contributed by atoms with Crippen molar-refractivity contribution < 1.29 is 14.3 Å². The summed E-state index contributed by atoms with van der Waals surface area (Å²) >= 11 is 0. The summed E-state index contributed by atoms with van der Waals surface area (Å²) in [5, 5.41) is 14.5. The Bertz CT molecular complexity index is 782. The minimum atomic E-state index is -0.889. The zero-order valence-electron chi connectivity index (χ0n) is 15.9. The smallest absolute Gasteiger partial charge is 0.252 e. The molecule has 3 aliphatic rings. The van der Waals surface area contributed by atoms with Crippen LogP contribution in [-0.4, -0.2) is 50.2 Å². The van der Waals surface area contributed by atoms with Crippen LogP contribution in [-0.2, 0) is 9.53 Å². The van der Waals surface area contributed by atoms with Gasteiger partial charge in [-0.15, -0.1) is 0 Å². The second-order valence-corrected chi connectivity index (χ2v) is 7.99. The average molecular weight is 382 g/mol. The van der Waals surface area contributed by atoms with Gasteiger partial charge in [0.15, 0.2) is 0 Å². The van der Waals surface area contributed by atoms with Gasteiger partial charge in [0, 0.05) is 24.3 Å². The summed E-state index contributed by atoms with van der Waals surface area (Å²) in [5.74, 6) is 0.169. The fourth-order valence-electron chi connectivity index (χ4n) is 5.02. The highest BCUT2D eigenvalue weighted by Gasteiger charge is 2.56. The van der Waals surface area contributed by atoms with E-state index in [0.717, 1.165) is 38.0 Å². The van der Waals surface area contributed by atoms with Crippen LogP contribution in [0.2, 0.25) is 0 Å². The van der Waals surface area contributed by atoms with Crippen molar-refractivity contribution in [2.75, 3.05) is 37.7 Å². The summed E-state index contributed by atoms with van der Waals surface area (Å²) < 4.78 is 5.38. The molecular formula is C21H26N4O3. The normalized spacial score (nSPS) is 28.6. The molecule has 1 heterocycles. The van der Waals surface area contributed by atoms with Gasteiger partial charge in [-0.05, 0) is 61.8 Å². The SMILES string of the molecule is N#CCNC(=O)C1(NC(=O)c2ccc(N3CCOCC3)cc2)CC2CCC1C2. The highest BCUT2D eigenvalue weighted by atomic mass is 16.5. The van der Waals surface area contributed by atoms with Crippen LogP contribution in [0.4, 0.5) is 5.69 Å². The Kier molecular flexibility index (Phi) is 5.23. The lowest BCUT2D eigenvalue weighted by Gasteiger charge is -2.37. The first-order valence-electron chi connectivity index (χ1n) is 10.0. The van der Waals surface area contributed by atoms with Gasteiger partial charge < -0.3 is 20.3 Å². The maximum Gasteiger partial charge on any atom is 0.252 e. The van der Waals surface area contributed by atoms with Crippen molar-refractivity contribution >= 4 is 17.5 Å². The molecule has 4 rings (SSSR count). The van der Waals surface area contributed by atoms with Gasteiger partial charge in [-0.2, -0.15) is 5.26 Å². The van der Waals surface area contributed by atoms with Gasteiger partial charge >= 0.3 is 0 Å². The molecule has 1 aromatic rings. The van der Waals surface area contributed by atoms with E-state index < -0.39 is 5.54 Å². The molecule has 7 heteroatoms. The van der Waals surface area contributed by atoms with E-state index in [-0.39, 0.29) is 24.3 Å². The Hall–Kier alpha value is -2.59. The molecule has 3 atom stereocenters. The molecule has 28 heavy (non-hydrogen) atoms. The van der Waals surface area contributed by atoms with Crippen LogP contribution in [0.1, 0.15) is 36.0 Å². The zero-order valence-corrected chi connectivity index (χ0v) is 15.9. The van der Waals surface area contributed by atoms with E-state index in [1.165, 1.54) is 0 Å². The molecular weight excluding hydrogens is 356 g/mol. The quantitative estimate of drug-likeness (QED) is 0.752. The Balaban J connectivity index is 1.48. The van der Waals surface area contributed by atoms with E-state index in [1.807, 2.05) is 30.3 Å². The number of nitriles is 1. The van der Waals surface area contributed by atoms with Crippen LogP contribution in [0.25, 0.3) is 0 Å². The summed E-state index contributed by atoms with van der Waals surface area (Å²) in [6.45, 7) is 3.08. The third kappa shape index (κ3) is 3.45. The molecule has 3 unspecified atom stereocenters. The van der Waals surface area contributed by atoms with Crippen LogP contribution in [0, 0.1) is 23.2 Å². The van der Waals surface area contributed by atoms with E-state index >= 15 is 0 Å². The van der Waals surface area contributed by atoms with Crippen molar-refractivity contribution in [1.29, 1.82) is 5.26 Å². The molecule has 1 saturated heterocycles. The first kappa shape index (κ1) is 18.8. The number of nitrogens with zero attached hydrogens (tertiary/aromatic N) is 2. The number of nitrogens with one attached hydrogen (secondary N) is 2. The number of carbonyl (C=O) groups excluding carboxylic acids is 2. The fraction of sp³-hybridized carbons (Fsp3) is 0.571. The summed E-state index contributed by atoms with van der Waals surface area (Å²) in [4.78, 5) is 28.0. The predicted molar refractivity (Wildman–Crippen MR) is 104 cm³/mol. The Morgan fingerprint density at radius 1 is 1.21 bits per heavy atom. The lowest BCUT2D eigenvalue weighted by Crippen LogP contribution is -2.61. The summed E-state index contributed by atoms with van der Waals surface area (Å²) in [5.41, 5.74) is 0.730. The number of rotatable bonds is 5. The standard InChI is InChI=1S/C21H26N4O3/c22-7-8-23-20(27)21(14-15-1-4-17(21)13-15)24-19(26)16-2-5-18(6-3-16)25-9-11-28-12-10-25/h2-3,5-6,15,17H,1,4,8-14H2,(H,23,27)(H,24,26). The van der Waals surface area contributed by atoms with Crippen LogP contribution in [0.15, 0.2) is 24.3 Å². The van der Waals surface area contributed by atoms with E-state index in [0.29, 0.717) is 31.1 Å². The maximum atomic E-state index is 13.0. The largest absolute Gasteiger partial charge is 0.378 e. The zero-order chi connectivity index (χ0) is 19.6. The highest BCUT2D eigenvalue weighted by molar-refractivity contribution is 6.00. The van der Waals surface area contributed by atoms with Gasteiger partial charge in [-0.25, -0.2) is 0 Å².